The summed E-state index contributed by atoms with van der Waals surface area (Å²) in [4.78, 5) is 13.1. The second-order valence-corrected chi connectivity index (χ2v) is 6.96. The molecule has 0 heterocycles. The van der Waals surface area contributed by atoms with Gasteiger partial charge in [-0.1, -0.05) is 73.2 Å². The third-order valence-electron chi connectivity index (χ3n) is 4.81. The van der Waals surface area contributed by atoms with E-state index in [4.69, 9.17) is 9.47 Å². The molecular formula is C25H27NO3. The van der Waals surface area contributed by atoms with Gasteiger partial charge in [-0.15, -0.1) is 0 Å². The van der Waals surface area contributed by atoms with Crippen molar-refractivity contribution in [2.24, 2.45) is 0 Å². The first-order valence-corrected chi connectivity index (χ1v) is 9.83. The van der Waals surface area contributed by atoms with Gasteiger partial charge in [-0.3, -0.25) is 4.79 Å². The van der Waals surface area contributed by atoms with Crippen LogP contribution in [0.3, 0.4) is 0 Å². The smallest absolute Gasteiger partial charge is 0.261 e. The van der Waals surface area contributed by atoms with Gasteiger partial charge < -0.3 is 14.8 Å². The molecule has 4 nitrogen and oxygen atoms in total. The Morgan fingerprint density at radius 2 is 1.55 bits per heavy atom. The number of nitrogens with one attached hydrogen (secondary N) is 1. The average Bonchev–Trinajstić information content (AvgIpc) is 2.77. The zero-order chi connectivity index (χ0) is 20.6. The molecule has 0 aliphatic heterocycles. The number of benzene rings is 3. The summed E-state index contributed by atoms with van der Waals surface area (Å²) in [6.07, 6.45) is -0.0443. The molecule has 0 aliphatic rings. The summed E-state index contributed by atoms with van der Waals surface area (Å²) in [7, 11) is 1.61. The minimum absolute atomic E-state index is 0.148. The van der Waals surface area contributed by atoms with Gasteiger partial charge >= 0.3 is 0 Å². The van der Waals surface area contributed by atoms with Crippen LogP contribution in [0.2, 0.25) is 0 Å². The quantitative estimate of drug-likeness (QED) is 0.585. The first-order chi connectivity index (χ1) is 14.1. The van der Waals surface area contributed by atoms with Crippen molar-refractivity contribution in [3.63, 3.8) is 0 Å². The second-order valence-electron chi connectivity index (χ2n) is 6.96. The average molecular weight is 389 g/mol. The van der Waals surface area contributed by atoms with E-state index in [1.54, 1.807) is 13.2 Å². The number of rotatable bonds is 8. The summed E-state index contributed by atoms with van der Waals surface area (Å²) >= 11 is 0. The van der Waals surface area contributed by atoms with E-state index in [0.717, 1.165) is 11.1 Å². The van der Waals surface area contributed by atoms with Gasteiger partial charge in [0, 0.05) is 6.07 Å². The topological polar surface area (TPSA) is 47.6 Å². The SMILES string of the molecule is CC[C@@H](Oc1cccc(OC)c1)C(=O)N[C@H](c1ccccc1)c1ccc(C)cc1. The van der Waals surface area contributed by atoms with Crippen molar-refractivity contribution in [1.29, 1.82) is 0 Å². The molecule has 2 atom stereocenters. The fourth-order valence-electron chi connectivity index (χ4n) is 3.16. The first-order valence-electron chi connectivity index (χ1n) is 9.83. The van der Waals surface area contributed by atoms with Gasteiger partial charge in [0.1, 0.15) is 11.5 Å². The molecule has 3 rings (SSSR count). The Hall–Kier alpha value is -3.27. The molecule has 0 radical (unpaired) electrons. The Bertz CT molecular complexity index is 922. The first kappa shape index (κ1) is 20.5. The number of amides is 1. The van der Waals surface area contributed by atoms with Crippen molar-refractivity contribution in [3.8, 4) is 11.5 Å². The highest BCUT2D eigenvalue weighted by Crippen LogP contribution is 2.24. The van der Waals surface area contributed by atoms with Crippen molar-refractivity contribution in [1.82, 2.24) is 5.32 Å². The maximum absolute atomic E-state index is 13.1. The standard InChI is InChI=1S/C25H27NO3/c1-4-23(29-22-12-8-11-21(17-22)28-3)25(27)26-24(19-9-6-5-7-10-19)20-15-13-18(2)14-16-20/h5-17,23-24H,4H2,1-3H3,(H,26,27)/t23-,24-/m1/s1. The van der Waals surface area contributed by atoms with E-state index in [2.05, 4.69) is 36.5 Å². The lowest BCUT2D eigenvalue weighted by Gasteiger charge is -2.24. The fourth-order valence-corrected chi connectivity index (χ4v) is 3.16. The zero-order valence-corrected chi connectivity index (χ0v) is 17.1. The van der Waals surface area contributed by atoms with Crippen LogP contribution in [0.1, 0.15) is 36.1 Å². The molecule has 0 bridgehead atoms. The van der Waals surface area contributed by atoms with Crippen LogP contribution in [0, 0.1) is 6.92 Å². The number of hydrogen-bond donors (Lipinski definition) is 1. The van der Waals surface area contributed by atoms with Crippen LogP contribution in [0.15, 0.2) is 78.9 Å². The lowest BCUT2D eigenvalue weighted by Crippen LogP contribution is -2.40. The van der Waals surface area contributed by atoms with Crippen molar-refractivity contribution in [2.45, 2.75) is 32.4 Å². The zero-order valence-electron chi connectivity index (χ0n) is 17.1. The Kier molecular flexibility index (Phi) is 6.90. The van der Waals surface area contributed by atoms with Crippen LogP contribution in [-0.4, -0.2) is 19.1 Å². The van der Waals surface area contributed by atoms with E-state index in [9.17, 15) is 4.79 Å². The number of hydrogen-bond acceptors (Lipinski definition) is 3. The summed E-state index contributed by atoms with van der Waals surface area (Å²) in [6.45, 7) is 3.99. The third kappa shape index (κ3) is 5.38. The minimum atomic E-state index is -0.598. The Morgan fingerprint density at radius 3 is 2.21 bits per heavy atom. The van der Waals surface area contributed by atoms with Gasteiger partial charge in [-0.2, -0.15) is 0 Å². The van der Waals surface area contributed by atoms with E-state index in [1.165, 1.54) is 5.56 Å². The van der Waals surface area contributed by atoms with Crippen LogP contribution >= 0.6 is 0 Å². The highest BCUT2D eigenvalue weighted by Gasteiger charge is 2.24. The van der Waals surface area contributed by atoms with Gasteiger partial charge in [0.05, 0.1) is 13.2 Å². The Balaban J connectivity index is 1.81. The molecule has 4 heteroatoms. The lowest BCUT2D eigenvalue weighted by molar-refractivity contribution is -0.128. The molecule has 0 saturated heterocycles. The highest BCUT2D eigenvalue weighted by atomic mass is 16.5. The van der Waals surface area contributed by atoms with E-state index >= 15 is 0 Å². The predicted octanol–water partition coefficient (Wildman–Crippen LogP) is 5.07. The normalized spacial score (nSPS) is 12.7. The molecule has 3 aromatic rings. The molecular weight excluding hydrogens is 362 g/mol. The maximum Gasteiger partial charge on any atom is 0.261 e. The molecule has 1 N–H and O–H groups in total. The van der Waals surface area contributed by atoms with Gasteiger partial charge in [0.15, 0.2) is 6.10 Å². The molecule has 29 heavy (non-hydrogen) atoms. The molecule has 0 aromatic heterocycles. The summed E-state index contributed by atoms with van der Waals surface area (Å²) in [5.41, 5.74) is 3.24. The van der Waals surface area contributed by atoms with E-state index in [1.807, 2.05) is 55.5 Å². The number of aryl methyl sites for hydroxylation is 1. The Morgan fingerprint density at radius 1 is 0.897 bits per heavy atom. The van der Waals surface area contributed by atoms with Crippen molar-refractivity contribution in [3.05, 3.63) is 95.6 Å². The van der Waals surface area contributed by atoms with Gasteiger partial charge in [0.25, 0.3) is 5.91 Å². The lowest BCUT2D eigenvalue weighted by atomic mass is 9.97. The van der Waals surface area contributed by atoms with Crippen molar-refractivity contribution >= 4 is 5.91 Å². The van der Waals surface area contributed by atoms with Gasteiger partial charge in [-0.25, -0.2) is 0 Å². The van der Waals surface area contributed by atoms with E-state index in [-0.39, 0.29) is 11.9 Å². The molecule has 150 valence electrons. The predicted molar refractivity (Wildman–Crippen MR) is 115 cm³/mol. The third-order valence-corrected chi connectivity index (χ3v) is 4.81. The number of carbonyl (C=O) groups excluding carboxylic acids is 1. The monoisotopic (exact) mass is 389 g/mol. The molecule has 0 spiro atoms. The summed E-state index contributed by atoms with van der Waals surface area (Å²) < 4.78 is 11.2. The number of carbonyl (C=O) groups is 1. The largest absolute Gasteiger partial charge is 0.497 e. The molecule has 3 aromatic carbocycles. The molecule has 0 saturated carbocycles. The van der Waals surface area contributed by atoms with Crippen LogP contribution < -0.4 is 14.8 Å². The number of methoxy groups -OCH3 is 1. The van der Waals surface area contributed by atoms with Gasteiger partial charge in [0.2, 0.25) is 0 Å². The molecule has 1 amide bonds. The van der Waals surface area contributed by atoms with Crippen molar-refractivity contribution < 1.29 is 14.3 Å². The minimum Gasteiger partial charge on any atom is -0.497 e. The van der Waals surface area contributed by atoms with Crippen LogP contribution in [0.5, 0.6) is 11.5 Å². The fraction of sp³-hybridized carbons (Fsp3) is 0.240. The maximum atomic E-state index is 13.1. The number of ether oxygens (including phenoxy) is 2. The molecule has 0 fully saturated rings. The van der Waals surface area contributed by atoms with Crippen LogP contribution in [0.4, 0.5) is 0 Å². The molecule has 0 aliphatic carbocycles. The summed E-state index contributed by atoms with van der Waals surface area (Å²) in [5.74, 6) is 1.15. The van der Waals surface area contributed by atoms with E-state index < -0.39 is 6.10 Å². The van der Waals surface area contributed by atoms with Gasteiger partial charge in [-0.05, 0) is 36.6 Å². The van der Waals surface area contributed by atoms with Crippen molar-refractivity contribution in [2.75, 3.05) is 7.11 Å². The van der Waals surface area contributed by atoms with Crippen LogP contribution in [-0.2, 0) is 4.79 Å². The summed E-state index contributed by atoms with van der Waals surface area (Å²) in [5, 5.41) is 3.17. The Labute approximate surface area is 172 Å². The summed E-state index contributed by atoms with van der Waals surface area (Å²) in [6, 6.07) is 25.2. The second kappa shape index (κ2) is 9.78. The van der Waals surface area contributed by atoms with E-state index in [0.29, 0.717) is 17.9 Å². The molecule has 0 unspecified atom stereocenters. The highest BCUT2D eigenvalue weighted by molar-refractivity contribution is 5.82. The van der Waals surface area contributed by atoms with Crippen LogP contribution in [0.25, 0.3) is 0 Å².